The first kappa shape index (κ1) is 22.6. The van der Waals surface area contributed by atoms with Crippen LogP contribution < -0.4 is 14.4 Å². The minimum atomic E-state index is -3.78. The van der Waals surface area contributed by atoms with Crippen LogP contribution in [0, 0.1) is 11.3 Å². The SMILES string of the molecule is CC(C)CCN1C(=O)C(C)(C)COc2cc(NS(=O)(=O)c3ccccc3Br)ccc21. The van der Waals surface area contributed by atoms with Gasteiger partial charge in [0.25, 0.3) is 10.0 Å². The van der Waals surface area contributed by atoms with Gasteiger partial charge < -0.3 is 9.64 Å². The molecule has 1 aliphatic rings. The van der Waals surface area contributed by atoms with Gasteiger partial charge >= 0.3 is 0 Å². The monoisotopic (exact) mass is 494 g/mol. The van der Waals surface area contributed by atoms with E-state index < -0.39 is 15.4 Å². The first-order valence-electron chi connectivity index (χ1n) is 9.87. The van der Waals surface area contributed by atoms with Gasteiger partial charge in [-0.05, 0) is 66.4 Å². The van der Waals surface area contributed by atoms with Gasteiger partial charge in [0.2, 0.25) is 5.91 Å². The van der Waals surface area contributed by atoms with Crippen LogP contribution in [0.25, 0.3) is 0 Å². The quantitative estimate of drug-likeness (QED) is 0.609. The molecule has 6 nitrogen and oxygen atoms in total. The highest BCUT2D eigenvalue weighted by molar-refractivity contribution is 9.10. The molecule has 0 bridgehead atoms. The number of ether oxygens (including phenoxy) is 1. The minimum Gasteiger partial charge on any atom is -0.490 e. The molecule has 2 aromatic carbocycles. The summed E-state index contributed by atoms with van der Waals surface area (Å²) in [6.07, 6.45) is 0.859. The zero-order valence-corrected chi connectivity index (χ0v) is 20.0. The summed E-state index contributed by atoms with van der Waals surface area (Å²) < 4.78 is 34.7. The molecule has 0 radical (unpaired) electrons. The van der Waals surface area contributed by atoms with Crippen molar-refractivity contribution in [2.75, 3.05) is 22.8 Å². The molecular formula is C22H27BrN2O4S. The molecule has 1 amide bonds. The first-order chi connectivity index (χ1) is 14.0. The molecule has 1 N–H and O–H groups in total. The predicted molar refractivity (Wildman–Crippen MR) is 122 cm³/mol. The summed E-state index contributed by atoms with van der Waals surface area (Å²) >= 11 is 3.28. The standard InChI is InChI=1S/C22H27BrN2O4S/c1-15(2)11-12-25-18-10-9-16(13-19(18)29-14-22(3,4)21(25)26)24-30(27,28)20-8-6-5-7-17(20)23/h5-10,13,15,24H,11-12,14H2,1-4H3. The number of hydrogen-bond acceptors (Lipinski definition) is 4. The number of fused-ring (bicyclic) bond motifs is 1. The lowest BCUT2D eigenvalue weighted by Crippen LogP contribution is -2.42. The van der Waals surface area contributed by atoms with Crippen LogP contribution in [0.5, 0.6) is 5.75 Å². The van der Waals surface area contributed by atoms with Gasteiger partial charge in [0.05, 0.1) is 16.8 Å². The summed E-state index contributed by atoms with van der Waals surface area (Å²) in [7, 11) is -3.78. The van der Waals surface area contributed by atoms with Crippen molar-refractivity contribution in [1.29, 1.82) is 0 Å². The Balaban J connectivity index is 1.95. The first-order valence-corrected chi connectivity index (χ1v) is 12.1. The number of sulfonamides is 1. The number of benzene rings is 2. The summed E-state index contributed by atoms with van der Waals surface area (Å²) in [5.41, 5.74) is 0.362. The fourth-order valence-electron chi connectivity index (χ4n) is 3.19. The maximum Gasteiger partial charge on any atom is 0.263 e. The molecule has 30 heavy (non-hydrogen) atoms. The van der Waals surface area contributed by atoms with E-state index in [0.717, 1.165) is 6.42 Å². The van der Waals surface area contributed by atoms with Crippen molar-refractivity contribution in [2.45, 2.75) is 39.0 Å². The number of rotatable bonds is 6. The normalized spacial score (nSPS) is 16.1. The van der Waals surface area contributed by atoms with E-state index >= 15 is 0 Å². The van der Waals surface area contributed by atoms with Gasteiger partial charge in [-0.25, -0.2) is 8.42 Å². The van der Waals surface area contributed by atoms with Gasteiger partial charge in [-0.2, -0.15) is 0 Å². The van der Waals surface area contributed by atoms with Crippen LogP contribution in [-0.4, -0.2) is 27.5 Å². The number of amides is 1. The second-order valence-electron chi connectivity index (χ2n) is 8.53. The van der Waals surface area contributed by atoms with Crippen LogP contribution in [0.3, 0.4) is 0 Å². The lowest BCUT2D eigenvalue weighted by Gasteiger charge is -2.28. The van der Waals surface area contributed by atoms with Gasteiger partial charge in [0, 0.05) is 17.1 Å². The minimum absolute atomic E-state index is 0.00319. The zero-order chi connectivity index (χ0) is 22.1. The maximum absolute atomic E-state index is 13.1. The Bertz CT molecular complexity index is 1050. The molecule has 0 atom stereocenters. The van der Waals surface area contributed by atoms with E-state index in [4.69, 9.17) is 4.74 Å². The largest absolute Gasteiger partial charge is 0.490 e. The molecule has 1 aliphatic heterocycles. The molecule has 0 aromatic heterocycles. The molecule has 0 saturated carbocycles. The van der Waals surface area contributed by atoms with Gasteiger partial charge in [-0.3, -0.25) is 9.52 Å². The Kier molecular flexibility index (Phi) is 6.48. The number of anilines is 2. The van der Waals surface area contributed by atoms with Crippen molar-refractivity contribution >= 4 is 43.2 Å². The number of carbonyl (C=O) groups excluding carboxylic acids is 1. The maximum atomic E-state index is 13.1. The van der Waals surface area contributed by atoms with E-state index in [1.54, 1.807) is 41.3 Å². The van der Waals surface area contributed by atoms with Crippen molar-refractivity contribution < 1.29 is 17.9 Å². The Hall–Kier alpha value is -2.06. The molecule has 0 aliphatic carbocycles. The smallest absolute Gasteiger partial charge is 0.263 e. The van der Waals surface area contributed by atoms with Crippen LogP contribution >= 0.6 is 15.9 Å². The Morgan fingerprint density at radius 3 is 2.57 bits per heavy atom. The number of nitrogens with zero attached hydrogens (tertiary/aromatic N) is 1. The van der Waals surface area contributed by atoms with E-state index in [1.165, 1.54) is 6.07 Å². The predicted octanol–water partition coefficient (Wildman–Crippen LogP) is 5.05. The van der Waals surface area contributed by atoms with Crippen molar-refractivity contribution in [3.8, 4) is 5.75 Å². The Morgan fingerprint density at radius 1 is 1.20 bits per heavy atom. The van der Waals surface area contributed by atoms with E-state index in [2.05, 4.69) is 34.5 Å². The number of halogens is 1. The third kappa shape index (κ3) is 4.81. The van der Waals surface area contributed by atoms with Gasteiger partial charge in [-0.1, -0.05) is 26.0 Å². The molecule has 0 saturated heterocycles. The summed E-state index contributed by atoms with van der Waals surface area (Å²) in [6.45, 7) is 8.75. The highest BCUT2D eigenvalue weighted by Gasteiger charge is 2.37. The topological polar surface area (TPSA) is 75.7 Å². The molecule has 162 valence electrons. The van der Waals surface area contributed by atoms with Crippen LogP contribution in [0.4, 0.5) is 11.4 Å². The van der Waals surface area contributed by atoms with Crippen molar-refractivity contribution in [2.24, 2.45) is 11.3 Å². The zero-order valence-electron chi connectivity index (χ0n) is 17.6. The van der Waals surface area contributed by atoms with Gasteiger partial charge in [0.15, 0.2) is 0 Å². The molecule has 1 heterocycles. The van der Waals surface area contributed by atoms with Crippen LogP contribution in [0.2, 0.25) is 0 Å². The molecule has 0 fully saturated rings. The van der Waals surface area contributed by atoms with Crippen molar-refractivity contribution in [3.63, 3.8) is 0 Å². The lowest BCUT2D eigenvalue weighted by molar-refractivity contribution is -0.127. The average Bonchev–Trinajstić information content (AvgIpc) is 2.75. The summed E-state index contributed by atoms with van der Waals surface area (Å²) in [5.74, 6) is 0.942. The summed E-state index contributed by atoms with van der Waals surface area (Å²) in [5, 5.41) is 0. The molecule has 2 aromatic rings. The summed E-state index contributed by atoms with van der Waals surface area (Å²) in [4.78, 5) is 15.0. The van der Waals surface area contributed by atoms with Crippen molar-refractivity contribution in [3.05, 3.63) is 46.9 Å². The number of hydrogen-bond donors (Lipinski definition) is 1. The molecule has 0 spiro atoms. The fraction of sp³-hybridized carbons (Fsp3) is 0.409. The van der Waals surface area contributed by atoms with Crippen LogP contribution in [0.1, 0.15) is 34.1 Å². The molecule has 3 rings (SSSR count). The number of carbonyl (C=O) groups is 1. The molecular weight excluding hydrogens is 468 g/mol. The van der Waals surface area contributed by atoms with Crippen molar-refractivity contribution in [1.82, 2.24) is 0 Å². The van der Waals surface area contributed by atoms with E-state index in [0.29, 0.717) is 34.1 Å². The highest BCUT2D eigenvalue weighted by atomic mass is 79.9. The number of nitrogens with one attached hydrogen (secondary N) is 1. The van der Waals surface area contributed by atoms with Crippen LogP contribution in [-0.2, 0) is 14.8 Å². The Morgan fingerprint density at radius 2 is 1.90 bits per heavy atom. The van der Waals surface area contributed by atoms with Gasteiger partial charge in [0.1, 0.15) is 17.3 Å². The Labute approximate surface area is 186 Å². The van der Waals surface area contributed by atoms with Crippen LogP contribution in [0.15, 0.2) is 51.8 Å². The second-order valence-corrected chi connectivity index (χ2v) is 11.0. The third-order valence-corrected chi connectivity index (χ3v) is 7.37. The second kappa shape index (κ2) is 8.59. The van der Waals surface area contributed by atoms with E-state index in [-0.39, 0.29) is 17.4 Å². The van der Waals surface area contributed by atoms with Gasteiger partial charge in [-0.15, -0.1) is 0 Å². The summed E-state index contributed by atoms with van der Waals surface area (Å²) in [6, 6.07) is 11.7. The average molecular weight is 495 g/mol. The van der Waals surface area contributed by atoms with E-state index in [1.807, 2.05) is 13.8 Å². The van der Waals surface area contributed by atoms with E-state index in [9.17, 15) is 13.2 Å². The molecule has 0 unspecified atom stereocenters. The fourth-order valence-corrected chi connectivity index (χ4v) is 5.25. The lowest BCUT2D eigenvalue weighted by atomic mass is 9.92. The third-order valence-electron chi connectivity index (χ3n) is 4.97. The molecule has 8 heteroatoms. The highest BCUT2D eigenvalue weighted by Crippen LogP contribution is 2.39.